The van der Waals surface area contributed by atoms with Crippen LogP contribution in [0.2, 0.25) is 0 Å². The van der Waals surface area contributed by atoms with Gasteiger partial charge >= 0.3 is 0 Å². The van der Waals surface area contributed by atoms with Crippen molar-refractivity contribution in [2.45, 2.75) is 66.2 Å². The lowest BCUT2D eigenvalue weighted by Crippen LogP contribution is -1.88. The van der Waals surface area contributed by atoms with Crippen molar-refractivity contribution in [3.63, 3.8) is 0 Å². The summed E-state index contributed by atoms with van der Waals surface area (Å²) < 4.78 is 0. The summed E-state index contributed by atoms with van der Waals surface area (Å²) in [6.07, 6.45) is 5.62. The topological polar surface area (TPSA) is 34.1 Å². The molecule has 0 aromatic carbocycles. The number of rotatable bonds is 6. The summed E-state index contributed by atoms with van der Waals surface area (Å²) in [7, 11) is 0. The van der Waals surface area contributed by atoms with E-state index in [1.54, 1.807) is 6.92 Å². The largest absolute Gasteiger partial charge is 0.300 e. The van der Waals surface area contributed by atoms with Gasteiger partial charge in [-0.05, 0) is 13.3 Å². The summed E-state index contributed by atoms with van der Waals surface area (Å²) in [6.45, 7) is 7.55. The summed E-state index contributed by atoms with van der Waals surface area (Å²) in [5.41, 5.74) is 0. The minimum atomic E-state index is 0.318. The van der Waals surface area contributed by atoms with Crippen molar-refractivity contribution in [3.05, 3.63) is 0 Å². The molecule has 2 nitrogen and oxygen atoms in total. The zero-order valence-corrected chi connectivity index (χ0v) is 10.1. The van der Waals surface area contributed by atoms with Gasteiger partial charge in [-0.2, -0.15) is 0 Å². The van der Waals surface area contributed by atoms with Crippen LogP contribution in [0.1, 0.15) is 66.2 Å². The van der Waals surface area contributed by atoms with Crippen LogP contribution in [0.4, 0.5) is 0 Å². The van der Waals surface area contributed by atoms with Crippen LogP contribution in [0.25, 0.3) is 0 Å². The third-order valence-electron chi connectivity index (χ3n) is 1.92. The van der Waals surface area contributed by atoms with Crippen molar-refractivity contribution in [1.29, 1.82) is 0 Å². The second-order valence-corrected chi connectivity index (χ2v) is 3.40. The maximum atomic E-state index is 10.3. The Kier molecular flexibility index (Phi) is 13.9. The molecule has 0 N–H and O–H groups in total. The number of Topliss-reactive ketones (excluding diaryl/α,β-unsaturated/α-hetero) is 2. The average molecular weight is 200 g/mol. The second-order valence-electron chi connectivity index (χ2n) is 3.40. The average Bonchev–Trinajstić information content (AvgIpc) is 2.17. The van der Waals surface area contributed by atoms with E-state index >= 15 is 0 Å². The van der Waals surface area contributed by atoms with Gasteiger partial charge in [-0.15, -0.1) is 0 Å². The smallest absolute Gasteiger partial charge is 0.132 e. The van der Waals surface area contributed by atoms with E-state index in [1.165, 1.54) is 12.8 Å². The van der Waals surface area contributed by atoms with E-state index < -0.39 is 0 Å². The van der Waals surface area contributed by atoms with Gasteiger partial charge in [0.2, 0.25) is 0 Å². The first kappa shape index (κ1) is 15.8. The first-order valence-electron chi connectivity index (χ1n) is 5.59. The Hall–Kier alpha value is -0.660. The molecule has 0 aliphatic rings. The molecule has 0 spiro atoms. The van der Waals surface area contributed by atoms with E-state index in [1.807, 2.05) is 13.8 Å². The van der Waals surface area contributed by atoms with Crippen LogP contribution in [0, 0.1) is 0 Å². The molecule has 2 heteroatoms. The summed E-state index contributed by atoms with van der Waals surface area (Å²) in [5.74, 6) is 0.661. The molecule has 0 aliphatic carbocycles. The molecule has 0 aromatic heterocycles. The van der Waals surface area contributed by atoms with Crippen LogP contribution in [-0.2, 0) is 9.59 Å². The minimum Gasteiger partial charge on any atom is -0.300 e. The molecule has 0 unspecified atom stereocenters. The third kappa shape index (κ3) is 17.4. The molecular formula is C12H24O2. The van der Waals surface area contributed by atoms with E-state index in [2.05, 4.69) is 6.92 Å². The van der Waals surface area contributed by atoms with E-state index in [-0.39, 0.29) is 0 Å². The standard InChI is InChI=1S/C7H14O.C5H10O/c1-3-4-5-6-7(2)8;1-3-5(6)4-2/h3-6H2,1-2H3;3-4H2,1-2H3. The lowest BCUT2D eigenvalue weighted by molar-refractivity contribution is -0.118. The van der Waals surface area contributed by atoms with E-state index in [9.17, 15) is 9.59 Å². The Morgan fingerprint density at radius 2 is 1.43 bits per heavy atom. The highest BCUT2D eigenvalue weighted by atomic mass is 16.1. The maximum Gasteiger partial charge on any atom is 0.132 e. The van der Waals surface area contributed by atoms with Gasteiger partial charge in [0.15, 0.2) is 0 Å². The van der Waals surface area contributed by atoms with Crippen LogP contribution in [0.3, 0.4) is 0 Å². The Morgan fingerprint density at radius 1 is 0.929 bits per heavy atom. The number of ketones is 2. The zero-order valence-electron chi connectivity index (χ0n) is 10.1. The molecule has 0 radical (unpaired) electrons. The fourth-order valence-corrected chi connectivity index (χ4v) is 0.874. The van der Waals surface area contributed by atoms with E-state index in [0.29, 0.717) is 24.4 Å². The van der Waals surface area contributed by atoms with Gasteiger partial charge in [0, 0.05) is 19.3 Å². The summed E-state index contributed by atoms with van der Waals surface area (Å²) in [5, 5.41) is 0. The number of hydrogen-bond donors (Lipinski definition) is 0. The van der Waals surface area contributed by atoms with Crippen molar-refractivity contribution in [3.8, 4) is 0 Å². The third-order valence-corrected chi connectivity index (χ3v) is 1.92. The summed E-state index contributed by atoms with van der Waals surface area (Å²) in [6, 6.07) is 0. The van der Waals surface area contributed by atoms with Gasteiger partial charge in [-0.1, -0.05) is 33.6 Å². The number of hydrogen-bond acceptors (Lipinski definition) is 2. The van der Waals surface area contributed by atoms with Crippen LogP contribution in [0.5, 0.6) is 0 Å². The van der Waals surface area contributed by atoms with Gasteiger partial charge in [0.25, 0.3) is 0 Å². The monoisotopic (exact) mass is 200 g/mol. The Labute approximate surface area is 88.1 Å². The maximum absolute atomic E-state index is 10.3. The number of carbonyl (C=O) groups is 2. The van der Waals surface area contributed by atoms with E-state index in [4.69, 9.17) is 0 Å². The molecule has 0 saturated carbocycles. The van der Waals surface area contributed by atoms with Crippen molar-refractivity contribution in [2.24, 2.45) is 0 Å². The summed E-state index contributed by atoms with van der Waals surface area (Å²) in [4.78, 5) is 20.5. The highest BCUT2D eigenvalue weighted by Gasteiger charge is 1.89. The van der Waals surface area contributed by atoms with E-state index in [0.717, 1.165) is 12.8 Å². The number of unbranched alkanes of at least 4 members (excludes halogenated alkanes) is 2. The van der Waals surface area contributed by atoms with Gasteiger partial charge in [-0.25, -0.2) is 0 Å². The van der Waals surface area contributed by atoms with Crippen molar-refractivity contribution >= 4 is 11.6 Å². The molecule has 0 heterocycles. The van der Waals surface area contributed by atoms with Crippen molar-refractivity contribution < 1.29 is 9.59 Å². The molecule has 0 aromatic rings. The van der Waals surface area contributed by atoms with Crippen molar-refractivity contribution in [2.75, 3.05) is 0 Å². The predicted octanol–water partition coefficient (Wildman–Crippen LogP) is 3.53. The SMILES string of the molecule is CCC(=O)CC.CCCCCC(C)=O. The molecule has 0 aliphatic heterocycles. The first-order valence-corrected chi connectivity index (χ1v) is 5.59. The zero-order chi connectivity index (χ0) is 11.4. The highest BCUT2D eigenvalue weighted by molar-refractivity contribution is 5.77. The lowest BCUT2D eigenvalue weighted by atomic mass is 10.2. The second kappa shape index (κ2) is 12.3. The molecule has 0 fully saturated rings. The first-order chi connectivity index (χ1) is 6.58. The van der Waals surface area contributed by atoms with Gasteiger partial charge < -0.3 is 4.79 Å². The predicted molar refractivity (Wildman–Crippen MR) is 60.4 cm³/mol. The molecule has 0 amide bonds. The Morgan fingerprint density at radius 3 is 1.64 bits per heavy atom. The van der Waals surface area contributed by atoms with Crippen LogP contribution in [0.15, 0.2) is 0 Å². The van der Waals surface area contributed by atoms with Gasteiger partial charge in [0.1, 0.15) is 11.6 Å². The molecule has 0 bridgehead atoms. The fraction of sp³-hybridized carbons (Fsp3) is 0.833. The Balaban J connectivity index is 0. The van der Waals surface area contributed by atoms with Crippen LogP contribution in [-0.4, -0.2) is 11.6 Å². The lowest BCUT2D eigenvalue weighted by Gasteiger charge is -1.90. The summed E-state index contributed by atoms with van der Waals surface area (Å²) >= 11 is 0. The molecule has 14 heavy (non-hydrogen) atoms. The van der Waals surface area contributed by atoms with Gasteiger partial charge in [-0.3, -0.25) is 4.79 Å². The molecular weight excluding hydrogens is 176 g/mol. The molecule has 0 rings (SSSR count). The van der Waals surface area contributed by atoms with Crippen LogP contribution < -0.4 is 0 Å². The highest BCUT2D eigenvalue weighted by Crippen LogP contribution is 1.98. The quantitative estimate of drug-likeness (QED) is 0.615. The minimum absolute atomic E-state index is 0.318. The van der Waals surface area contributed by atoms with Crippen LogP contribution >= 0.6 is 0 Å². The Bertz CT molecular complexity index is 144. The van der Waals surface area contributed by atoms with Crippen molar-refractivity contribution in [1.82, 2.24) is 0 Å². The number of carbonyl (C=O) groups excluding carboxylic acids is 2. The molecule has 0 atom stereocenters. The molecule has 0 saturated heterocycles. The molecule has 84 valence electrons. The normalized spacial score (nSPS) is 8.86. The van der Waals surface area contributed by atoms with Gasteiger partial charge in [0.05, 0.1) is 0 Å². The fourth-order valence-electron chi connectivity index (χ4n) is 0.874.